The summed E-state index contributed by atoms with van der Waals surface area (Å²) in [5, 5.41) is 1.02. The molecule has 2 heterocycles. The van der Waals surface area contributed by atoms with E-state index in [1.54, 1.807) is 12.1 Å². The predicted molar refractivity (Wildman–Crippen MR) is 60.7 cm³/mol. The third-order valence-corrected chi connectivity index (χ3v) is 2.77. The van der Waals surface area contributed by atoms with Gasteiger partial charge in [0, 0.05) is 17.1 Å². The van der Waals surface area contributed by atoms with Crippen LogP contribution in [0.3, 0.4) is 0 Å². The number of fused-ring (bicyclic) bond motifs is 2. The Balaban J connectivity index is 2.44. The van der Waals surface area contributed by atoms with Crippen molar-refractivity contribution in [1.82, 2.24) is 4.98 Å². The number of ketones is 1. The van der Waals surface area contributed by atoms with Crippen LogP contribution < -0.4 is 15.0 Å². The van der Waals surface area contributed by atoms with Gasteiger partial charge in [0.2, 0.25) is 6.79 Å². The van der Waals surface area contributed by atoms with Gasteiger partial charge in [-0.15, -0.1) is 0 Å². The maximum Gasteiger partial charge on any atom is 0.255 e. The van der Waals surface area contributed by atoms with Gasteiger partial charge in [0.1, 0.15) is 0 Å². The molecule has 0 fully saturated rings. The van der Waals surface area contributed by atoms with Crippen molar-refractivity contribution in [2.24, 2.45) is 0 Å². The van der Waals surface area contributed by atoms with Crippen molar-refractivity contribution in [2.45, 2.75) is 6.92 Å². The van der Waals surface area contributed by atoms with Crippen molar-refractivity contribution in [1.29, 1.82) is 0 Å². The van der Waals surface area contributed by atoms with Gasteiger partial charge in [0.25, 0.3) is 5.56 Å². The Bertz CT molecular complexity index is 687. The number of carbonyl (C=O) groups is 1. The van der Waals surface area contributed by atoms with Crippen LogP contribution in [-0.2, 0) is 0 Å². The molecule has 0 bridgehead atoms. The second-order valence-electron chi connectivity index (χ2n) is 3.84. The monoisotopic (exact) mass is 231 g/mol. The molecule has 1 N–H and O–H groups in total. The van der Waals surface area contributed by atoms with E-state index in [1.807, 2.05) is 0 Å². The van der Waals surface area contributed by atoms with Crippen molar-refractivity contribution in [2.75, 3.05) is 6.79 Å². The van der Waals surface area contributed by atoms with E-state index in [1.165, 1.54) is 13.1 Å². The molecule has 1 aliphatic rings. The van der Waals surface area contributed by atoms with Gasteiger partial charge >= 0.3 is 0 Å². The van der Waals surface area contributed by atoms with E-state index < -0.39 is 0 Å². The van der Waals surface area contributed by atoms with Gasteiger partial charge in [-0.05, 0) is 19.1 Å². The summed E-state index contributed by atoms with van der Waals surface area (Å²) >= 11 is 0. The quantitative estimate of drug-likeness (QED) is 0.754. The summed E-state index contributed by atoms with van der Waals surface area (Å²) in [6.07, 6.45) is 1.43. The highest BCUT2D eigenvalue weighted by Crippen LogP contribution is 2.35. The van der Waals surface area contributed by atoms with E-state index in [9.17, 15) is 9.59 Å². The van der Waals surface area contributed by atoms with Gasteiger partial charge in [-0.2, -0.15) is 0 Å². The number of hydrogen-bond donors (Lipinski definition) is 1. The molecule has 5 heteroatoms. The lowest BCUT2D eigenvalue weighted by Gasteiger charge is -2.04. The van der Waals surface area contributed by atoms with Gasteiger partial charge in [-0.1, -0.05) is 0 Å². The summed E-state index contributed by atoms with van der Waals surface area (Å²) in [5.74, 6) is 0.986. The Morgan fingerprint density at radius 2 is 1.88 bits per heavy atom. The van der Waals surface area contributed by atoms with Gasteiger partial charge in [0.15, 0.2) is 17.3 Å². The summed E-state index contributed by atoms with van der Waals surface area (Å²) in [6, 6.07) is 3.27. The second-order valence-corrected chi connectivity index (χ2v) is 3.84. The minimum Gasteiger partial charge on any atom is -0.454 e. The van der Waals surface area contributed by atoms with Crippen molar-refractivity contribution in [3.63, 3.8) is 0 Å². The van der Waals surface area contributed by atoms with Gasteiger partial charge < -0.3 is 14.5 Å². The number of benzene rings is 1. The first-order valence-electron chi connectivity index (χ1n) is 5.13. The van der Waals surface area contributed by atoms with Crippen LogP contribution in [0.4, 0.5) is 0 Å². The minimum atomic E-state index is -0.247. The van der Waals surface area contributed by atoms with E-state index in [4.69, 9.17) is 9.47 Å². The van der Waals surface area contributed by atoms with E-state index in [0.717, 1.165) is 0 Å². The molecule has 0 unspecified atom stereocenters. The van der Waals surface area contributed by atoms with E-state index in [2.05, 4.69) is 4.98 Å². The molecule has 0 atom stereocenters. The normalized spacial score (nSPS) is 13.0. The highest BCUT2D eigenvalue weighted by atomic mass is 16.7. The average molecular weight is 231 g/mol. The number of pyridine rings is 1. The first-order chi connectivity index (χ1) is 8.16. The predicted octanol–water partition coefficient (Wildman–Crippen LogP) is 1.46. The first kappa shape index (κ1) is 9.89. The third kappa shape index (κ3) is 1.39. The standard InChI is InChI=1S/C12H9NO4/c1-6(14)9-4-13-12(15)8-3-11-10(2-7(8)9)16-5-17-11/h2-4H,5H2,1H3,(H,13,15). The van der Waals surface area contributed by atoms with Crippen LogP contribution in [-0.4, -0.2) is 17.6 Å². The molecule has 0 radical (unpaired) electrons. The summed E-state index contributed by atoms with van der Waals surface area (Å²) in [6.45, 7) is 1.59. The number of nitrogens with one attached hydrogen (secondary N) is 1. The summed E-state index contributed by atoms with van der Waals surface area (Å²) < 4.78 is 10.4. The van der Waals surface area contributed by atoms with Crippen molar-refractivity contribution in [3.8, 4) is 11.5 Å². The lowest BCUT2D eigenvalue weighted by Crippen LogP contribution is -2.09. The first-order valence-corrected chi connectivity index (χ1v) is 5.13. The smallest absolute Gasteiger partial charge is 0.255 e. The number of aromatic nitrogens is 1. The highest BCUT2D eigenvalue weighted by Gasteiger charge is 2.18. The van der Waals surface area contributed by atoms with Crippen LogP contribution in [0.15, 0.2) is 23.1 Å². The largest absolute Gasteiger partial charge is 0.454 e. The van der Waals surface area contributed by atoms with Crippen molar-refractivity contribution < 1.29 is 14.3 Å². The van der Waals surface area contributed by atoms with E-state index in [-0.39, 0.29) is 18.1 Å². The molecule has 3 rings (SSSR count). The van der Waals surface area contributed by atoms with Gasteiger partial charge in [-0.25, -0.2) is 0 Å². The maximum absolute atomic E-state index is 11.7. The Kier molecular flexibility index (Phi) is 1.95. The molecule has 1 aromatic heterocycles. The van der Waals surface area contributed by atoms with Crippen molar-refractivity contribution in [3.05, 3.63) is 34.2 Å². The van der Waals surface area contributed by atoms with E-state index in [0.29, 0.717) is 27.8 Å². The summed E-state index contributed by atoms with van der Waals surface area (Å²) in [4.78, 5) is 25.7. The summed E-state index contributed by atoms with van der Waals surface area (Å²) in [5.41, 5.74) is 0.223. The fourth-order valence-corrected chi connectivity index (χ4v) is 1.94. The molecule has 1 aromatic carbocycles. The fraction of sp³-hybridized carbons (Fsp3) is 0.167. The van der Waals surface area contributed by atoms with E-state index >= 15 is 0 Å². The van der Waals surface area contributed by atoms with Crippen LogP contribution in [0.2, 0.25) is 0 Å². The van der Waals surface area contributed by atoms with Gasteiger partial charge in [0.05, 0.1) is 5.39 Å². The molecule has 5 nitrogen and oxygen atoms in total. The number of carbonyl (C=O) groups excluding carboxylic acids is 1. The topological polar surface area (TPSA) is 68.4 Å². The molecule has 86 valence electrons. The Hall–Kier alpha value is -2.30. The number of hydrogen-bond acceptors (Lipinski definition) is 4. The average Bonchev–Trinajstić information content (AvgIpc) is 2.74. The Morgan fingerprint density at radius 1 is 1.24 bits per heavy atom. The third-order valence-electron chi connectivity index (χ3n) is 2.77. The molecule has 0 amide bonds. The SMILES string of the molecule is CC(=O)c1c[nH]c(=O)c2cc3c(cc12)OCO3. The zero-order valence-corrected chi connectivity index (χ0v) is 9.07. The molecule has 17 heavy (non-hydrogen) atoms. The molecule has 0 saturated carbocycles. The highest BCUT2D eigenvalue weighted by molar-refractivity contribution is 6.07. The molecule has 0 spiro atoms. The van der Waals surface area contributed by atoms with Gasteiger partial charge in [-0.3, -0.25) is 9.59 Å². The lowest BCUT2D eigenvalue weighted by molar-refractivity contribution is 0.101. The number of aromatic amines is 1. The Morgan fingerprint density at radius 3 is 2.53 bits per heavy atom. The number of ether oxygens (including phenoxy) is 2. The van der Waals surface area contributed by atoms with Crippen LogP contribution in [0.25, 0.3) is 10.8 Å². The zero-order valence-electron chi connectivity index (χ0n) is 9.07. The Labute approximate surface area is 96.0 Å². The summed E-state index contributed by atoms with van der Waals surface area (Å²) in [7, 11) is 0. The minimum absolute atomic E-state index is 0.106. The van der Waals surface area contributed by atoms with Crippen LogP contribution in [0.1, 0.15) is 17.3 Å². The fourth-order valence-electron chi connectivity index (χ4n) is 1.94. The molecular formula is C12H9NO4. The van der Waals surface area contributed by atoms with Crippen LogP contribution in [0.5, 0.6) is 11.5 Å². The van der Waals surface area contributed by atoms with Crippen LogP contribution in [0, 0.1) is 0 Å². The molecule has 2 aromatic rings. The maximum atomic E-state index is 11.7. The molecular weight excluding hydrogens is 222 g/mol. The second kappa shape index (κ2) is 3.35. The zero-order chi connectivity index (χ0) is 12.0. The number of H-pyrrole nitrogens is 1. The molecule has 0 saturated heterocycles. The van der Waals surface area contributed by atoms with Crippen molar-refractivity contribution >= 4 is 16.6 Å². The molecule has 0 aliphatic carbocycles. The van der Waals surface area contributed by atoms with Crippen LogP contribution >= 0.6 is 0 Å². The molecule has 1 aliphatic heterocycles. The number of Topliss-reactive ketones (excluding diaryl/α,β-unsaturated/α-hetero) is 1. The lowest BCUT2D eigenvalue weighted by atomic mass is 10.0. The number of rotatable bonds is 1.